The Morgan fingerprint density at radius 1 is 0.300 bits per heavy atom. The Hall–Kier alpha value is -8.56. The molecule has 0 aliphatic heterocycles. The van der Waals surface area contributed by atoms with Gasteiger partial charge >= 0.3 is 0 Å². The number of anilines is 3. The summed E-state index contributed by atoms with van der Waals surface area (Å²) in [5.41, 5.74) is 19.9. The fourth-order valence-corrected chi connectivity index (χ4v) is 13.7. The normalized spacial score (nSPS) is 13.7. The van der Waals surface area contributed by atoms with Crippen molar-refractivity contribution in [2.75, 3.05) is 4.90 Å². The summed E-state index contributed by atoms with van der Waals surface area (Å²) in [5.74, 6) is 0. The van der Waals surface area contributed by atoms with Crippen molar-refractivity contribution in [2.45, 2.75) is 10.8 Å². The van der Waals surface area contributed by atoms with Gasteiger partial charge in [-0.3, -0.25) is 0 Å². The molecule has 0 spiro atoms. The third-order valence-electron chi connectivity index (χ3n) is 15.2. The Kier molecular flexibility index (Phi) is 9.27. The number of hydrogen-bond acceptors (Lipinski definition) is 2. The molecule has 0 amide bonds. The van der Waals surface area contributed by atoms with Crippen LogP contribution in [0.15, 0.2) is 273 Å². The molecule has 0 fully saturated rings. The van der Waals surface area contributed by atoms with Crippen LogP contribution in [-0.4, -0.2) is 0 Å². The van der Waals surface area contributed by atoms with E-state index in [0.29, 0.717) is 0 Å². The predicted molar refractivity (Wildman–Crippen MR) is 294 cm³/mol. The minimum Gasteiger partial charge on any atom is -0.310 e. The van der Waals surface area contributed by atoms with E-state index in [-0.39, 0.29) is 0 Å². The van der Waals surface area contributed by atoms with Crippen molar-refractivity contribution in [1.29, 1.82) is 0 Å². The summed E-state index contributed by atoms with van der Waals surface area (Å²) in [6.45, 7) is 0. The van der Waals surface area contributed by atoms with E-state index in [0.717, 1.165) is 17.1 Å². The number of hydrogen-bond donors (Lipinski definition) is 0. The lowest BCUT2D eigenvalue weighted by atomic mass is 9.67. The number of benzene rings is 11. The fourth-order valence-electron chi connectivity index (χ4n) is 12.4. The second kappa shape index (κ2) is 16.0. The maximum Gasteiger partial charge on any atom is 0.0714 e. The molecule has 0 bridgehead atoms. The molecule has 12 aromatic rings. The van der Waals surface area contributed by atoms with Crippen LogP contribution in [0.25, 0.3) is 53.6 Å². The van der Waals surface area contributed by atoms with Crippen LogP contribution in [0.2, 0.25) is 0 Å². The van der Waals surface area contributed by atoms with Gasteiger partial charge in [0.2, 0.25) is 0 Å². The lowest BCUT2D eigenvalue weighted by molar-refractivity contribution is 0.768. The smallest absolute Gasteiger partial charge is 0.0714 e. The van der Waals surface area contributed by atoms with Crippen LogP contribution < -0.4 is 4.90 Å². The number of thiophene rings is 1. The molecule has 70 heavy (non-hydrogen) atoms. The molecule has 14 rings (SSSR count). The molecule has 0 radical (unpaired) electrons. The second-order valence-electron chi connectivity index (χ2n) is 18.6. The van der Waals surface area contributed by atoms with Crippen molar-refractivity contribution < 1.29 is 0 Å². The molecule has 2 heteroatoms. The molecule has 1 nitrogen and oxygen atoms in total. The van der Waals surface area contributed by atoms with Crippen molar-refractivity contribution in [3.63, 3.8) is 0 Å². The Labute approximate surface area is 412 Å². The summed E-state index contributed by atoms with van der Waals surface area (Å²) >= 11 is 1.88. The van der Waals surface area contributed by atoms with Crippen LogP contribution in [0.5, 0.6) is 0 Å². The highest BCUT2D eigenvalue weighted by atomic mass is 32.1. The molecule has 2 aliphatic rings. The molecular formula is C68H45NS. The van der Waals surface area contributed by atoms with Gasteiger partial charge < -0.3 is 4.90 Å². The highest BCUT2D eigenvalue weighted by molar-refractivity contribution is 7.26. The first-order chi connectivity index (χ1) is 34.7. The molecule has 1 heterocycles. The zero-order chi connectivity index (χ0) is 46.2. The Morgan fingerprint density at radius 3 is 1.40 bits per heavy atom. The zero-order valence-electron chi connectivity index (χ0n) is 38.3. The summed E-state index contributed by atoms with van der Waals surface area (Å²) in [6.07, 6.45) is 0. The van der Waals surface area contributed by atoms with E-state index < -0.39 is 10.8 Å². The van der Waals surface area contributed by atoms with Gasteiger partial charge in [0.15, 0.2) is 0 Å². The largest absolute Gasteiger partial charge is 0.310 e. The topological polar surface area (TPSA) is 3.24 Å². The molecule has 1 aromatic heterocycles. The van der Waals surface area contributed by atoms with Gasteiger partial charge in [-0.1, -0.05) is 237 Å². The first-order valence-electron chi connectivity index (χ1n) is 24.3. The van der Waals surface area contributed by atoms with Crippen molar-refractivity contribution >= 4 is 48.6 Å². The third-order valence-corrected chi connectivity index (χ3v) is 16.5. The average Bonchev–Trinajstić information content (AvgIpc) is 4.08. The Morgan fingerprint density at radius 2 is 0.757 bits per heavy atom. The fraction of sp³-hybridized carbons (Fsp3) is 0.0294. The van der Waals surface area contributed by atoms with Crippen molar-refractivity contribution in [2.24, 2.45) is 0 Å². The Balaban J connectivity index is 1.04. The van der Waals surface area contributed by atoms with Gasteiger partial charge in [0.1, 0.15) is 0 Å². The van der Waals surface area contributed by atoms with Gasteiger partial charge in [0.25, 0.3) is 0 Å². The van der Waals surface area contributed by atoms with E-state index in [1.54, 1.807) is 0 Å². The zero-order valence-corrected chi connectivity index (χ0v) is 39.2. The minimum absolute atomic E-state index is 0.543. The number of nitrogens with zero attached hydrogens (tertiary/aromatic N) is 1. The van der Waals surface area contributed by atoms with E-state index in [2.05, 4.69) is 278 Å². The minimum atomic E-state index is -0.552. The van der Waals surface area contributed by atoms with Gasteiger partial charge in [0.05, 0.1) is 16.5 Å². The molecule has 0 unspecified atom stereocenters. The molecule has 0 saturated carbocycles. The molecule has 0 atom stereocenters. The van der Waals surface area contributed by atoms with Gasteiger partial charge in [-0.05, 0) is 109 Å². The van der Waals surface area contributed by atoms with Crippen LogP contribution in [0, 0.1) is 0 Å². The molecule has 328 valence electrons. The third kappa shape index (κ3) is 5.78. The summed E-state index contributed by atoms with van der Waals surface area (Å²) in [5, 5.41) is 2.62. The SMILES string of the molecule is c1ccc(C2(c3ccccc3)c3ccccc3-c3ccc(N(c4ccc(-c5cccc6c5sc5ccccc56)cc4)c4cccc5c4-c4ccccc4C5(c4ccccc4)c4ccccc4)cc32)cc1. The molecule has 0 saturated heterocycles. The Bertz CT molecular complexity index is 3850. The molecule has 2 aliphatic carbocycles. The van der Waals surface area contributed by atoms with Crippen molar-refractivity contribution in [1.82, 2.24) is 0 Å². The van der Waals surface area contributed by atoms with Crippen LogP contribution in [0.3, 0.4) is 0 Å². The van der Waals surface area contributed by atoms with Crippen LogP contribution in [-0.2, 0) is 10.8 Å². The van der Waals surface area contributed by atoms with E-state index in [1.165, 1.54) is 98.1 Å². The van der Waals surface area contributed by atoms with Crippen LogP contribution in [0.1, 0.15) is 44.5 Å². The van der Waals surface area contributed by atoms with Crippen molar-refractivity contribution in [3.8, 4) is 33.4 Å². The predicted octanol–water partition coefficient (Wildman–Crippen LogP) is 17.9. The van der Waals surface area contributed by atoms with Crippen LogP contribution >= 0.6 is 11.3 Å². The number of fused-ring (bicyclic) bond motifs is 9. The molecule has 11 aromatic carbocycles. The van der Waals surface area contributed by atoms with Crippen LogP contribution in [0.4, 0.5) is 17.1 Å². The molecule has 0 N–H and O–H groups in total. The maximum absolute atomic E-state index is 2.54. The first kappa shape index (κ1) is 40.5. The molecular weight excluding hydrogens is 863 g/mol. The lowest BCUT2D eigenvalue weighted by Gasteiger charge is -2.35. The monoisotopic (exact) mass is 907 g/mol. The van der Waals surface area contributed by atoms with Crippen molar-refractivity contribution in [3.05, 3.63) is 317 Å². The maximum atomic E-state index is 2.54. The standard InChI is InChI=1S/C68H45NS/c1-5-21-47(22-6-1)67(48-23-7-2-8-24-48)60-35-17-14-31-58(60)65-61(67)36-20-37-63(65)69(51-41-39-46(40-42-51)53-32-19-33-57-56-30-15-18-38-64(56)70-66(53)57)52-43-44-55-54-29-13-16-34-59(54)68(62(55)45-52,49-25-9-3-10-26-49)50-27-11-4-12-28-50/h1-45H. The van der Waals surface area contributed by atoms with Gasteiger partial charge in [-0.25, -0.2) is 0 Å². The van der Waals surface area contributed by atoms with Gasteiger partial charge in [-0.2, -0.15) is 0 Å². The van der Waals surface area contributed by atoms with E-state index in [4.69, 9.17) is 0 Å². The summed E-state index contributed by atoms with van der Waals surface area (Å²) in [6, 6.07) is 102. The van der Waals surface area contributed by atoms with E-state index >= 15 is 0 Å². The van der Waals surface area contributed by atoms with E-state index in [1.807, 2.05) is 11.3 Å². The van der Waals surface area contributed by atoms with Gasteiger partial charge in [0, 0.05) is 37.1 Å². The highest BCUT2D eigenvalue weighted by Crippen LogP contribution is 2.61. The van der Waals surface area contributed by atoms with Gasteiger partial charge in [-0.15, -0.1) is 11.3 Å². The number of rotatable bonds is 8. The lowest BCUT2D eigenvalue weighted by Crippen LogP contribution is -2.29. The average molecular weight is 908 g/mol. The first-order valence-corrected chi connectivity index (χ1v) is 25.1. The quantitative estimate of drug-likeness (QED) is 0.147. The summed E-state index contributed by atoms with van der Waals surface area (Å²) < 4.78 is 2.63. The second-order valence-corrected chi connectivity index (χ2v) is 19.7. The summed E-state index contributed by atoms with van der Waals surface area (Å²) in [4.78, 5) is 2.54. The summed E-state index contributed by atoms with van der Waals surface area (Å²) in [7, 11) is 0. The highest BCUT2D eigenvalue weighted by Gasteiger charge is 2.49. The van der Waals surface area contributed by atoms with E-state index in [9.17, 15) is 0 Å².